The maximum Gasteiger partial charge on any atom is 0.131 e. The molecule has 3 aromatic carbocycles. The van der Waals surface area contributed by atoms with Crippen LogP contribution in [0.5, 0.6) is 0 Å². The molecule has 5 rings (SSSR count). The molecule has 0 aromatic heterocycles. The van der Waals surface area contributed by atoms with E-state index in [2.05, 4.69) is 53.6 Å². The Morgan fingerprint density at radius 2 is 1.70 bits per heavy atom. The Bertz CT molecular complexity index is 1230. The largest absolute Gasteiger partial charge is 0.397 e. The number of anilines is 1. The van der Waals surface area contributed by atoms with Crippen LogP contribution < -0.4 is 11.5 Å². The van der Waals surface area contributed by atoms with Crippen molar-refractivity contribution in [2.24, 2.45) is 21.6 Å². The number of nitrogens with zero attached hydrogens (tertiary/aromatic N) is 2. The lowest BCUT2D eigenvalue weighted by Gasteiger charge is -2.18. The molecule has 30 heavy (non-hydrogen) atoms. The molecule has 1 heterocycles. The molecular weight excluding hydrogens is 368 g/mol. The first kappa shape index (κ1) is 18.1. The van der Waals surface area contributed by atoms with Gasteiger partial charge in [-0.05, 0) is 30.2 Å². The first-order valence-corrected chi connectivity index (χ1v) is 10.0. The van der Waals surface area contributed by atoms with Crippen LogP contribution in [0.3, 0.4) is 0 Å². The van der Waals surface area contributed by atoms with Crippen LogP contribution in [0.25, 0.3) is 5.57 Å². The molecule has 3 aromatic rings. The number of benzene rings is 3. The number of para-hydroxylation sites is 3. The van der Waals surface area contributed by atoms with Gasteiger partial charge in [-0.25, -0.2) is 4.99 Å². The number of nitrogens with two attached hydrogens (primary N) is 2. The maximum absolute atomic E-state index is 6.21. The van der Waals surface area contributed by atoms with Gasteiger partial charge < -0.3 is 11.5 Å². The van der Waals surface area contributed by atoms with E-state index in [1.807, 2.05) is 42.5 Å². The standard InChI is InChI=1S/C26H22N4/c27-22-9-2-4-11-24(22)30-26(28)18-14-12-17(13-15-18)16-19-6-5-8-21-20-7-1-3-10-23(20)29-25(19)21/h1-15,19H,16,27H2,(H2,28,30). The van der Waals surface area contributed by atoms with Crippen LogP contribution in [0.2, 0.25) is 0 Å². The zero-order valence-electron chi connectivity index (χ0n) is 16.5. The van der Waals surface area contributed by atoms with Crippen LogP contribution in [0.4, 0.5) is 17.1 Å². The molecule has 0 fully saturated rings. The van der Waals surface area contributed by atoms with Gasteiger partial charge in [-0.2, -0.15) is 0 Å². The maximum atomic E-state index is 6.21. The van der Waals surface area contributed by atoms with Crippen molar-refractivity contribution >= 4 is 34.2 Å². The number of hydrogen-bond acceptors (Lipinski definition) is 3. The average Bonchev–Trinajstić information content (AvgIpc) is 3.16. The summed E-state index contributed by atoms with van der Waals surface area (Å²) in [7, 11) is 0. The van der Waals surface area contributed by atoms with Crippen molar-refractivity contribution in [3.8, 4) is 0 Å². The van der Waals surface area contributed by atoms with E-state index in [-0.39, 0.29) is 5.92 Å². The molecular formula is C26H22N4. The molecule has 1 atom stereocenters. The monoisotopic (exact) mass is 390 g/mol. The van der Waals surface area contributed by atoms with E-state index in [1.165, 1.54) is 16.7 Å². The number of hydrogen-bond donors (Lipinski definition) is 2. The highest BCUT2D eigenvalue weighted by molar-refractivity contribution is 6.31. The first-order chi connectivity index (χ1) is 14.7. The van der Waals surface area contributed by atoms with E-state index in [0.29, 0.717) is 17.2 Å². The summed E-state index contributed by atoms with van der Waals surface area (Å²) in [6.07, 6.45) is 7.43. The number of fused-ring (bicyclic) bond motifs is 3. The fourth-order valence-corrected chi connectivity index (χ4v) is 3.98. The SMILES string of the molecule is NC(=Nc1ccccc1N)c1ccc(CC2C=CC=C3C2=Nc2ccccc23)cc1. The topological polar surface area (TPSA) is 76.8 Å². The molecule has 0 spiro atoms. The van der Waals surface area contributed by atoms with Gasteiger partial charge in [0.25, 0.3) is 0 Å². The van der Waals surface area contributed by atoms with Crippen LogP contribution >= 0.6 is 0 Å². The Kier molecular flexibility index (Phi) is 4.52. The molecule has 0 radical (unpaired) electrons. The third-order valence-corrected chi connectivity index (χ3v) is 5.55. The van der Waals surface area contributed by atoms with Crippen LogP contribution in [-0.4, -0.2) is 11.5 Å². The Balaban J connectivity index is 1.35. The van der Waals surface area contributed by atoms with Crippen molar-refractivity contribution in [1.29, 1.82) is 0 Å². The lowest BCUT2D eigenvalue weighted by molar-refractivity contribution is 0.853. The number of allylic oxidation sites excluding steroid dienone is 4. The quantitative estimate of drug-likeness (QED) is 0.365. The Morgan fingerprint density at radius 1 is 0.933 bits per heavy atom. The van der Waals surface area contributed by atoms with Gasteiger partial charge in [0.1, 0.15) is 5.84 Å². The zero-order chi connectivity index (χ0) is 20.5. The van der Waals surface area contributed by atoms with Gasteiger partial charge in [0, 0.05) is 22.6 Å². The number of aliphatic imine (C=N–C) groups is 2. The predicted octanol–water partition coefficient (Wildman–Crippen LogP) is 5.20. The molecule has 1 unspecified atom stereocenters. The molecule has 0 saturated carbocycles. The lowest BCUT2D eigenvalue weighted by Crippen LogP contribution is -2.17. The van der Waals surface area contributed by atoms with E-state index in [0.717, 1.165) is 23.4 Å². The normalized spacial score (nSPS) is 17.2. The summed E-state index contributed by atoms with van der Waals surface area (Å²) in [6.45, 7) is 0. The van der Waals surface area contributed by atoms with Crippen LogP contribution in [0.1, 0.15) is 16.7 Å². The number of amidine groups is 1. The van der Waals surface area contributed by atoms with Crippen molar-refractivity contribution < 1.29 is 0 Å². The highest BCUT2D eigenvalue weighted by Gasteiger charge is 2.27. The minimum atomic E-state index is 0.262. The van der Waals surface area contributed by atoms with Gasteiger partial charge in [-0.15, -0.1) is 0 Å². The van der Waals surface area contributed by atoms with E-state index in [9.17, 15) is 0 Å². The van der Waals surface area contributed by atoms with Gasteiger partial charge in [-0.1, -0.05) is 72.8 Å². The molecule has 4 nitrogen and oxygen atoms in total. The second-order valence-electron chi connectivity index (χ2n) is 7.54. The summed E-state index contributed by atoms with van der Waals surface area (Å²) in [5.74, 6) is 0.719. The molecule has 2 aliphatic rings. The van der Waals surface area contributed by atoms with E-state index in [1.54, 1.807) is 0 Å². The Morgan fingerprint density at radius 3 is 2.53 bits per heavy atom. The molecule has 1 aliphatic heterocycles. The van der Waals surface area contributed by atoms with Crippen molar-refractivity contribution in [2.75, 3.05) is 5.73 Å². The molecule has 0 bridgehead atoms. The van der Waals surface area contributed by atoms with Gasteiger partial charge in [0.2, 0.25) is 0 Å². The Hall–Kier alpha value is -3.92. The summed E-state index contributed by atoms with van der Waals surface area (Å²) in [5.41, 5.74) is 20.3. The summed E-state index contributed by atoms with van der Waals surface area (Å²) >= 11 is 0. The van der Waals surface area contributed by atoms with Gasteiger partial charge >= 0.3 is 0 Å². The summed E-state index contributed by atoms with van der Waals surface area (Å²) in [6, 6.07) is 24.0. The van der Waals surface area contributed by atoms with Crippen molar-refractivity contribution in [1.82, 2.24) is 0 Å². The minimum absolute atomic E-state index is 0.262. The van der Waals surface area contributed by atoms with Gasteiger partial charge in [0.15, 0.2) is 0 Å². The molecule has 0 amide bonds. The number of rotatable bonds is 4. The highest BCUT2D eigenvalue weighted by atomic mass is 14.9. The average molecular weight is 390 g/mol. The number of nitrogen functional groups attached to an aromatic ring is 1. The molecule has 4 heteroatoms. The zero-order valence-corrected chi connectivity index (χ0v) is 16.5. The van der Waals surface area contributed by atoms with Crippen molar-refractivity contribution in [3.63, 3.8) is 0 Å². The molecule has 146 valence electrons. The van der Waals surface area contributed by atoms with E-state index >= 15 is 0 Å². The Labute approximate surface area is 176 Å². The van der Waals surface area contributed by atoms with Gasteiger partial charge in [0.05, 0.1) is 22.8 Å². The second-order valence-corrected chi connectivity index (χ2v) is 7.54. The summed E-state index contributed by atoms with van der Waals surface area (Å²) in [4.78, 5) is 9.37. The fourth-order valence-electron chi connectivity index (χ4n) is 3.98. The van der Waals surface area contributed by atoms with Gasteiger partial charge in [-0.3, -0.25) is 4.99 Å². The van der Waals surface area contributed by atoms with E-state index < -0.39 is 0 Å². The third-order valence-electron chi connectivity index (χ3n) is 5.55. The second kappa shape index (κ2) is 7.48. The lowest BCUT2D eigenvalue weighted by atomic mass is 9.85. The smallest absolute Gasteiger partial charge is 0.131 e. The van der Waals surface area contributed by atoms with Crippen molar-refractivity contribution in [3.05, 3.63) is 108 Å². The molecule has 1 aliphatic carbocycles. The third kappa shape index (κ3) is 3.33. The van der Waals surface area contributed by atoms with E-state index in [4.69, 9.17) is 16.5 Å². The predicted molar refractivity (Wildman–Crippen MR) is 126 cm³/mol. The molecule has 4 N–H and O–H groups in total. The van der Waals surface area contributed by atoms with Crippen LogP contribution in [-0.2, 0) is 6.42 Å². The summed E-state index contributed by atoms with van der Waals surface area (Å²) in [5, 5.41) is 0. The van der Waals surface area contributed by atoms with Crippen LogP contribution in [0, 0.1) is 5.92 Å². The first-order valence-electron chi connectivity index (χ1n) is 10.0. The van der Waals surface area contributed by atoms with Crippen LogP contribution in [0.15, 0.2) is 101 Å². The minimum Gasteiger partial charge on any atom is -0.397 e. The fraction of sp³-hybridized carbons (Fsp3) is 0.0769. The highest BCUT2D eigenvalue weighted by Crippen LogP contribution is 2.39. The molecule has 0 saturated heterocycles. The van der Waals surface area contributed by atoms with Crippen molar-refractivity contribution in [2.45, 2.75) is 6.42 Å². The summed E-state index contributed by atoms with van der Waals surface area (Å²) < 4.78 is 0.